The lowest BCUT2D eigenvalue weighted by molar-refractivity contribution is -0.137. The fraction of sp³-hybridized carbons (Fsp3) is 0.448. The fourth-order valence-corrected chi connectivity index (χ4v) is 5.48. The summed E-state index contributed by atoms with van der Waals surface area (Å²) >= 11 is 0. The molecule has 220 valence electrons. The minimum Gasteiger partial charge on any atom is -0.497 e. The van der Waals surface area contributed by atoms with E-state index in [4.69, 9.17) is 9.47 Å². The molecule has 9 nitrogen and oxygen atoms in total. The van der Waals surface area contributed by atoms with Gasteiger partial charge in [-0.15, -0.1) is 0 Å². The summed E-state index contributed by atoms with van der Waals surface area (Å²) in [5.74, 6) is 0.906. The summed E-state index contributed by atoms with van der Waals surface area (Å²) in [6.45, 7) is 3.11. The lowest BCUT2D eigenvalue weighted by Crippen LogP contribution is -2.36. The first kappa shape index (κ1) is 28.7. The number of anilines is 2. The number of halogens is 3. The van der Waals surface area contributed by atoms with E-state index in [0.717, 1.165) is 10.7 Å². The number of hydrogen-bond acceptors (Lipinski definition) is 8. The minimum atomic E-state index is -4.77. The largest absolute Gasteiger partial charge is 0.497 e. The number of fused-ring (bicyclic) bond motifs is 1. The van der Waals surface area contributed by atoms with Gasteiger partial charge < -0.3 is 29.5 Å². The monoisotopic (exact) mass is 574 g/mol. The Hall–Kier alpha value is -3.77. The van der Waals surface area contributed by atoms with Crippen LogP contribution in [-0.4, -0.2) is 72.6 Å². The number of ether oxygens (including phenoxy) is 2. The van der Waals surface area contributed by atoms with Gasteiger partial charge in [0, 0.05) is 49.1 Å². The summed E-state index contributed by atoms with van der Waals surface area (Å²) in [7, 11) is 2.98. The van der Waals surface area contributed by atoms with Crippen LogP contribution in [0.25, 0.3) is 16.9 Å². The van der Waals surface area contributed by atoms with Gasteiger partial charge >= 0.3 is 6.18 Å². The van der Waals surface area contributed by atoms with E-state index >= 15 is 0 Å². The highest BCUT2D eigenvalue weighted by atomic mass is 19.4. The quantitative estimate of drug-likeness (QED) is 0.421. The topological polar surface area (TPSA) is 100 Å². The van der Waals surface area contributed by atoms with Gasteiger partial charge in [-0.05, 0) is 49.6 Å². The number of methoxy groups -OCH3 is 2. The molecule has 2 unspecified atom stereocenters. The molecule has 2 atom stereocenters. The van der Waals surface area contributed by atoms with Gasteiger partial charge in [0.25, 0.3) is 5.56 Å². The van der Waals surface area contributed by atoms with Gasteiger partial charge in [-0.2, -0.15) is 23.0 Å². The van der Waals surface area contributed by atoms with E-state index in [0.29, 0.717) is 66.4 Å². The lowest BCUT2D eigenvalue weighted by atomic mass is 10.0. The first-order valence-corrected chi connectivity index (χ1v) is 13.5. The van der Waals surface area contributed by atoms with Crippen molar-refractivity contribution in [2.45, 2.75) is 44.6 Å². The van der Waals surface area contributed by atoms with Crippen molar-refractivity contribution in [3.8, 4) is 28.4 Å². The first-order valence-electron chi connectivity index (χ1n) is 13.5. The lowest BCUT2D eigenvalue weighted by Gasteiger charge is -2.24. The number of rotatable bonds is 8. The molecule has 0 bridgehead atoms. The Kier molecular flexibility index (Phi) is 7.89. The molecule has 0 saturated carbocycles. The van der Waals surface area contributed by atoms with Gasteiger partial charge in [0.15, 0.2) is 0 Å². The SMILES string of the molecule is CCC(O)CN1CCc2c(-c3cc(OC)cc(OC)c3)nn(-c3cc(N4CCC(O)C4)ccc3C(F)(F)F)c(=O)c21. The third kappa shape index (κ3) is 5.58. The molecule has 1 aromatic heterocycles. The Morgan fingerprint density at radius 2 is 1.80 bits per heavy atom. The van der Waals surface area contributed by atoms with Crippen LogP contribution in [0.2, 0.25) is 0 Å². The zero-order chi connectivity index (χ0) is 29.5. The van der Waals surface area contributed by atoms with E-state index in [1.165, 1.54) is 26.4 Å². The van der Waals surface area contributed by atoms with Gasteiger partial charge in [0.1, 0.15) is 17.2 Å². The summed E-state index contributed by atoms with van der Waals surface area (Å²) in [6, 6.07) is 8.65. The Balaban J connectivity index is 1.78. The third-order valence-corrected chi connectivity index (χ3v) is 7.69. The fourth-order valence-electron chi connectivity index (χ4n) is 5.48. The molecule has 0 amide bonds. The number of aliphatic hydroxyl groups excluding tert-OH is 2. The summed E-state index contributed by atoms with van der Waals surface area (Å²) in [5.41, 5.74) is -0.0651. The Morgan fingerprint density at radius 1 is 1.10 bits per heavy atom. The molecule has 0 aliphatic carbocycles. The van der Waals surface area contributed by atoms with Crippen molar-refractivity contribution in [3.05, 3.63) is 57.9 Å². The van der Waals surface area contributed by atoms with Crippen LogP contribution in [0, 0.1) is 0 Å². The van der Waals surface area contributed by atoms with Crippen LogP contribution >= 0.6 is 0 Å². The smallest absolute Gasteiger partial charge is 0.418 e. The van der Waals surface area contributed by atoms with Crippen molar-refractivity contribution in [2.75, 3.05) is 50.2 Å². The molecule has 3 aromatic rings. The highest BCUT2D eigenvalue weighted by Crippen LogP contribution is 2.39. The summed E-state index contributed by atoms with van der Waals surface area (Å²) < 4.78 is 54.7. The number of aliphatic hydroxyl groups is 2. The molecule has 2 aliphatic rings. The number of alkyl halides is 3. The maximum Gasteiger partial charge on any atom is 0.418 e. The number of nitrogens with zero attached hydrogens (tertiary/aromatic N) is 4. The molecule has 1 saturated heterocycles. The average Bonchev–Trinajstić information content (AvgIpc) is 3.58. The zero-order valence-corrected chi connectivity index (χ0v) is 23.1. The third-order valence-electron chi connectivity index (χ3n) is 7.69. The van der Waals surface area contributed by atoms with Crippen LogP contribution in [0.5, 0.6) is 11.5 Å². The Labute approximate surface area is 235 Å². The molecule has 3 heterocycles. The van der Waals surface area contributed by atoms with E-state index in [2.05, 4.69) is 5.10 Å². The molecule has 0 radical (unpaired) electrons. The zero-order valence-electron chi connectivity index (χ0n) is 23.1. The van der Waals surface area contributed by atoms with E-state index in [9.17, 15) is 28.2 Å². The molecular weight excluding hydrogens is 541 g/mol. The average molecular weight is 575 g/mol. The van der Waals surface area contributed by atoms with Gasteiger partial charge in [-0.1, -0.05) is 6.92 Å². The Morgan fingerprint density at radius 3 is 2.39 bits per heavy atom. The summed E-state index contributed by atoms with van der Waals surface area (Å²) in [6.07, 6.45) is -4.72. The van der Waals surface area contributed by atoms with Gasteiger partial charge in [-0.3, -0.25) is 4.79 Å². The van der Waals surface area contributed by atoms with Gasteiger partial charge in [-0.25, -0.2) is 0 Å². The van der Waals surface area contributed by atoms with E-state index < -0.39 is 35.2 Å². The van der Waals surface area contributed by atoms with E-state index in [-0.39, 0.29) is 18.8 Å². The van der Waals surface area contributed by atoms with Crippen molar-refractivity contribution >= 4 is 11.4 Å². The molecule has 5 rings (SSSR count). The number of aromatic nitrogens is 2. The molecule has 2 aromatic carbocycles. The van der Waals surface area contributed by atoms with Crippen LogP contribution in [0.15, 0.2) is 41.2 Å². The minimum absolute atomic E-state index is 0.154. The van der Waals surface area contributed by atoms with Crippen molar-refractivity contribution in [2.24, 2.45) is 0 Å². The molecule has 0 spiro atoms. The van der Waals surface area contributed by atoms with Crippen LogP contribution in [0.4, 0.5) is 24.5 Å². The molecule has 41 heavy (non-hydrogen) atoms. The van der Waals surface area contributed by atoms with Crippen molar-refractivity contribution in [1.29, 1.82) is 0 Å². The summed E-state index contributed by atoms with van der Waals surface area (Å²) in [4.78, 5) is 17.5. The molecule has 2 aliphatic heterocycles. The van der Waals surface area contributed by atoms with Crippen molar-refractivity contribution in [1.82, 2.24) is 9.78 Å². The van der Waals surface area contributed by atoms with Gasteiger partial charge in [0.05, 0.1) is 43.4 Å². The molecule has 2 N–H and O–H groups in total. The molecule has 12 heteroatoms. The highest BCUT2D eigenvalue weighted by molar-refractivity contribution is 5.75. The second-order valence-electron chi connectivity index (χ2n) is 10.3. The van der Waals surface area contributed by atoms with E-state index in [1.807, 2.05) is 6.92 Å². The van der Waals surface area contributed by atoms with Gasteiger partial charge in [0.2, 0.25) is 0 Å². The van der Waals surface area contributed by atoms with Crippen LogP contribution in [-0.2, 0) is 12.6 Å². The number of β-amino-alcohol motifs (C(OH)–C–C–N with tert-alkyl or cyclic N) is 2. The number of benzene rings is 2. The van der Waals surface area contributed by atoms with Crippen LogP contribution in [0.3, 0.4) is 0 Å². The Bertz CT molecular complexity index is 1470. The second-order valence-corrected chi connectivity index (χ2v) is 10.3. The first-order chi connectivity index (χ1) is 19.5. The molecular formula is C29H33F3N4O5. The normalized spacial score (nSPS) is 17.6. The van der Waals surface area contributed by atoms with Crippen LogP contribution in [0.1, 0.15) is 30.9 Å². The van der Waals surface area contributed by atoms with Crippen molar-refractivity contribution in [3.63, 3.8) is 0 Å². The van der Waals surface area contributed by atoms with E-state index in [1.54, 1.807) is 28.0 Å². The number of hydrogen-bond donors (Lipinski definition) is 2. The highest BCUT2D eigenvalue weighted by Gasteiger charge is 2.37. The molecule has 1 fully saturated rings. The van der Waals surface area contributed by atoms with Crippen LogP contribution < -0.4 is 24.8 Å². The standard InChI is InChI=1S/C29H33F3N4O5/c1-4-19(37)15-35-10-8-23-26(17-11-21(40-2)14-22(12-17)41-3)33-36(28(39)27(23)35)25-13-18(34-9-7-20(38)16-34)5-6-24(25)29(30,31)32/h5-6,11-14,19-20,37-38H,4,7-10,15-16H2,1-3H3. The maximum atomic E-state index is 14.4. The maximum absolute atomic E-state index is 14.4. The predicted octanol–water partition coefficient (Wildman–Crippen LogP) is 3.64. The summed E-state index contributed by atoms with van der Waals surface area (Å²) in [5, 5.41) is 25.0. The second kappa shape index (κ2) is 11.2. The predicted molar refractivity (Wildman–Crippen MR) is 148 cm³/mol. The van der Waals surface area contributed by atoms with Crippen molar-refractivity contribution < 1.29 is 32.9 Å².